The SMILES string of the molecule is COCO[C@@H]1C[C@H](n2cc(I)c3c(=O)[nH]c(N=CN(C)C)nc32)O[C@@H]1CO[Si](C)(C)C(C)(C)C. The largest absolute Gasteiger partial charge is 0.414 e. The van der Waals surface area contributed by atoms with Gasteiger partial charge in [-0.05, 0) is 40.7 Å². The van der Waals surface area contributed by atoms with Gasteiger partial charge in [-0.3, -0.25) is 9.78 Å². The Hall–Kier alpha value is -1.32. The minimum atomic E-state index is -1.96. The van der Waals surface area contributed by atoms with Crippen LogP contribution in [0.1, 0.15) is 33.4 Å². The average Bonchev–Trinajstić information content (AvgIpc) is 3.29. The highest BCUT2D eigenvalue weighted by Gasteiger charge is 2.42. The molecule has 2 aromatic rings. The van der Waals surface area contributed by atoms with Gasteiger partial charge >= 0.3 is 0 Å². The number of hydrogen-bond donors (Lipinski definition) is 1. The number of aromatic amines is 1. The van der Waals surface area contributed by atoms with Gasteiger partial charge < -0.3 is 28.1 Å². The molecule has 10 nitrogen and oxygen atoms in total. The quantitative estimate of drug-likeness (QED) is 0.152. The lowest BCUT2D eigenvalue weighted by Crippen LogP contribution is -2.44. The van der Waals surface area contributed by atoms with E-state index >= 15 is 0 Å². The van der Waals surface area contributed by atoms with Gasteiger partial charge in [0.05, 0.1) is 24.4 Å². The Kier molecular flexibility index (Phi) is 8.62. The molecule has 0 spiro atoms. The minimum Gasteiger partial charge on any atom is -0.414 e. The van der Waals surface area contributed by atoms with Crippen LogP contribution in [0.15, 0.2) is 16.0 Å². The fourth-order valence-corrected chi connectivity index (χ4v) is 5.21. The molecule has 12 heteroatoms. The summed E-state index contributed by atoms with van der Waals surface area (Å²) in [5, 5.41) is 0.609. The van der Waals surface area contributed by atoms with Gasteiger partial charge in [-0.25, -0.2) is 4.99 Å². The predicted molar refractivity (Wildman–Crippen MR) is 143 cm³/mol. The van der Waals surface area contributed by atoms with E-state index < -0.39 is 8.32 Å². The summed E-state index contributed by atoms with van der Waals surface area (Å²) < 4.78 is 26.7. The van der Waals surface area contributed by atoms with Gasteiger partial charge in [0.15, 0.2) is 14.0 Å². The summed E-state index contributed by atoms with van der Waals surface area (Å²) in [6.07, 6.45) is 3.23. The van der Waals surface area contributed by atoms with Gasteiger partial charge in [0, 0.05) is 37.4 Å². The van der Waals surface area contributed by atoms with E-state index in [2.05, 4.69) is 71.4 Å². The first-order valence-corrected chi connectivity index (χ1v) is 15.2. The Balaban J connectivity index is 1.91. The lowest BCUT2D eigenvalue weighted by Gasteiger charge is -2.37. The Bertz CT molecular complexity index is 1080. The Morgan fingerprint density at radius 3 is 2.74 bits per heavy atom. The number of aliphatic imine (C=N–C) groups is 1. The molecule has 1 aliphatic rings. The zero-order chi connectivity index (χ0) is 25.3. The number of halogens is 1. The number of hydrogen-bond acceptors (Lipinski definition) is 7. The summed E-state index contributed by atoms with van der Waals surface area (Å²) >= 11 is 2.15. The monoisotopic (exact) mass is 605 g/mol. The van der Waals surface area contributed by atoms with Crippen LogP contribution in [-0.2, 0) is 18.6 Å². The summed E-state index contributed by atoms with van der Waals surface area (Å²) in [7, 11) is 3.34. The van der Waals surface area contributed by atoms with Gasteiger partial charge in [-0.2, -0.15) is 4.98 Å². The summed E-state index contributed by atoms with van der Waals surface area (Å²) in [5.74, 6) is 0.241. The molecular formula is C22H36IN5O5Si. The highest BCUT2D eigenvalue weighted by atomic mass is 127. The smallest absolute Gasteiger partial charge is 0.262 e. The molecule has 1 fully saturated rings. The second-order valence-electron chi connectivity index (χ2n) is 10.2. The van der Waals surface area contributed by atoms with E-state index in [1.807, 2.05) is 24.9 Å². The van der Waals surface area contributed by atoms with E-state index in [0.717, 1.165) is 3.57 Å². The van der Waals surface area contributed by atoms with Crippen molar-refractivity contribution in [1.82, 2.24) is 19.4 Å². The summed E-state index contributed by atoms with van der Waals surface area (Å²) in [4.78, 5) is 26.2. The molecule has 0 saturated carbocycles. The Labute approximate surface area is 215 Å². The van der Waals surface area contributed by atoms with Gasteiger partial charge in [-0.1, -0.05) is 20.8 Å². The second kappa shape index (κ2) is 10.7. The van der Waals surface area contributed by atoms with E-state index in [4.69, 9.17) is 18.6 Å². The standard InChI is InChI=1S/C22H36IN5O5Si/c1-22(2,3)34(7,8)32-11-16-15(31-13-30-6)9-17(33-16)28-10-14(23)18-19(28)25-21(26-20(18)29)24-12-27(4)5/h10,12,15-17H,9,11,13H2,1-8H3,(H,25,26,29)/t15-,16-,17-/m1/s1. The van der Waals surface area contributed by atoms with Crippen LogP contribution in [0, 0.1) is 3.57 Å². The topological polar surface area (TPSA) is 103 Å². The zero-order valence-electron chi connectivity index (χ0n) is 21.2. The van der Waals surface area contributed by atoms with E-state index in [9.17, 15) is 4.79 Å². The average molecular weight is 606 g/mol. The van der Waals surface area contributed by atoms with Crippen molar-refractivity contribution < 1.29 is 18.6 Å². The molecule has 3 heterocycles. The fourth-order valence-electron chi connectivity index (χ4n) is 3.41. The molecule has 1 aliphatic heterocycles. The summed E-state index contributed by atoms with van der Waals surface area (Å²) in [6.45, 7) is 11.7. The molecule has 0 radical (unpaired) electrons. The molecular weight excluding hydrogens is 569 g/mol. The van der Waals surface area contributed by atoms with Crippen molar-refractivity contribution in [2.45, 2.75) is 63.8 Å². The van der Waals surface area contributed by atoms with Crippen molar-refractivity contribution in [3.8, 4) is 0 Å². The van der Waals surface area contributed by atoms with Crippen molar-refractivity contribution in [1.29, 1.82) is 0 Å². The third-order valence-electron chi connectivity index (χ3n) is 6.34. The number of H-pyrrole nitrogens is 1. The Morgan fingerprint density at radius 1 is 1.41 bits per heavy atom. The van der Waals surface area contributed by atoms with Crippen molar-refractivity contribution in [2.75, 3.05) is 34.6 Å². The molecule has 0 aromatic carbocycles. The number of nitrogens with zero attached hydrogens (tertiary/aromatic N) is 4. The van der Waals surface area contributed by atoms with Crippen molar-refractivity contribution in [3.05, 3.63) is 20.1 Å². The van der Waals surface area contributed by atoms with E-state index in [1.165, 1.54) is 0 Å². The number of methoxy groups -OCH3 is 1. The molecule has 3 atom stereocenters. The number of fused-ring (bicyclic) bond motifs is 1. The molecule has 190 valence electrons. The molecule has 1 saturated heterocycles. The van der Waals surface area contributed by atoms with E-state index in [1.54, 1.807) is 18.3 Å². The molecule has 0 unspecified atom stereocenters. The van der Waals surface area contributed by atoms with Crippen molar-refractivity contribution in [3.63, 3.8) is 0 Å². The lowest BCUT2D eigenvalue weighted by molar-refractivity contribution is -0.106. The summed E-state index contributed by atoms with van der Waals surface area (Å²) in [6, 6.07) is 0. The molecule has 0 bridgehead atoms. The molecule has 0 amide bonds. The van der Waals surface area contributed by atoms with Gasteiger partial charge in [-0.15, -0.1) is 0 Å². The highest BCUT2D eigenvalue weighted by molar-refractivity contribution is 14.1. The Morgan fingerprint density at radius 2 is 2.12 bits per heavy atom. The zero-order valence-corrected chi connectivity index (χ0v) is 24.4. The minimum absolute atomic E-state index is 0.0923. The number of rotatable bonds is 9. The van der Waals surface area contributed by atoms with E-state index in [0.29, 0.717) is 24.1 Å². The van der Waals surface area contributed by atoms with Gasteiger partial charge in [0.25, 0.3) is 5.56 Å². The van der Waals surface area contributed by atoms with Crippen LogP contribution >= 0.6 is 22.6 Å². The molecule has 34 heavy (non-hydrogen) atoms. The van der Waals surface area contributed by atoms with Crippen LogP contribution in [0.4, 0.5) is 5.95 Å². The van der Waals surface area contributed by atoms with Gasteiger partial charge in [0.1, 0.15) is 19.1 Å². The molecule has 2 aromatic heterocycles. The molecule has 3 rings (SSSR count). The molecule has 1 N–H and O–H groups in total. The van der Waals surface area contributed by atoms with Crippen molar-refractivity contribution >= 4 is 54.2 Å². The first-order chi connectivity index (χ1) is 15.8. The third kappa shape index (κ3) is 6.08. The number of aromatic nitrogens is 3. The van der Waals surface area contributed by atoms with Crippen LogP contribution < -0.4 is 5.56 Å². The van der Waals surface area contributed by atoms with Crippen LogP contribution in [0.3, 0.4) is 0 Å². The van der Waals surface area contributed by atoms with Crippen LogP contribution in [0.2, 0.25) is 18.1 Å². The maximum absolute atomic E-state index is 12.8. The van der Waals surface area contributed by atoms with Crippen LogP contribution in [0.5, 0.6) is 0 Å². The maximum atomic E-state index is 12.8. The molecule has 0 aliphatic carbocycles. The van der Waals surface area contributed by atoms with Gasteiger partial charge in [0.2, 0.25) is 5.95 Å². The van der Waals surface area contributed by atoms with Crippen LogP contribution in [-0.4, -0.2) is 80.9 Å². The number of ether oxygens (including phenoxy) is 3. The normalized spacial score (nSPS) is 21.7. The first-order valence-electron chi connectivity index (χ1n) is 11.2. The highest BCUT2D eigenvalue weighted by Crippen LogP contribution is 2.39. The lowest BCUT2D eigenvalue weighted by atomic mass is 10.2. The summed E-state index contributed by atoms with van der Waals surface area (Å²) in [5.41, 5.74) is 0.294. The van der Waals surface area contributed by atoms with Crippen LogP contribution in [0.25, 0.3) is 11.0 Å². The van der Waals surface area contributed by atoms with E-state index in [-0.39, 0.29) is 41.8 Å². The van der Waals surface area contributed by atoms with Crippen molar-refractivity contribution in [2.24, 2.45) is 4.99 Å². The maximum Gasteiger partial charge on any atom is 0.262 e. The number of nitrogens with one attached hydrogen (secondary N) is 1. The fraction of sp³-hybridized carbons (Fsp3) is 0.682. The second-order valence-corrected chi connectivity index (χ2v) is 16.2. The third-order valence-corrected chi connectivity index (χ3v) is 11.7. The first kappa shape index (κ1) is 27.3. The predicted octanol–water partition coefficient (Wildman–Crippen LogP) is 3.85.